The highest BCUT2D eigenvalue weighted by Gasteiger charge is 2.22. The normalized spacial score (nSPS) is 12.0. The van der Waals surface area contributed by atoms with Crippen LogP contribution in [0.5, 0.6) is 0 Å². The van der Waals surface area contributed by atoms with Gasteiger partial charge in [0.2, 0.25) is 9.84 Å². The number of hydrogen-bond acceptors (Lipinski definition) is 3. The van der Waals surface area contributed by atoms with E-state index in [1.807, 2.05) is 0 Å². The maximum atomic E-state index is 13.6. The second-order valence-corrected chi connectivity index (χ2v) is 6.49. The Labute approximate surface area is 127 Å². The minimum atomic E-state index is -4.13. The summed E-state index contributed by atoms with van der Waals surface area (Å²) < 4.78 is 51.9. The lowest BCUT2D eigenvalue weighted by Crippen LogP contribution is -2.04. The van der Waals surface area contributed by atoms with E-state index in [9.17, 15) is 17.2 Å². The lowest BCUT2D eigenvalue weighted by atomic mass is 10.2. The molecule has 0 heterocycles. The predicted molar refractivity (Wildman–Crippen MR) is 78.3 cm³/mol. The van der Waals surface area contributed by atoms with Gasteiger partial charge in [-0.15, -0.1) is 0 Å². The van der Waals surface area contributed by atoms with Crippen molar-refractivity contribution in [3.8, 4) is 6.07 Å². The molecule has 0 aliphatic rings. The summed E-state index contributed by atoms with van der Waals surface area (Å²) in [6.07, 6.45) is 0.708. The predicted octanol–water partition coefficient (Wildman–Crippen LogP) is 3.61. The molecule has 22 heavy (non-hydrogen) atoms. The molecule has 0 amide bonds. The number of allylic oxidation sites excluding steroid dienone is 1. The minimum Gasteiger partial charge on any atom is -0.218 e. The third-order valence-corrected chi connectivity index (χ3v) is 4.69. The first-order chi connectivity index (χ1) is 10.4. The number of halogens is 2. The van der Waals surface area contributed by atoms with E-state index in [0.29, 0.717) is 6.08 Å². The van der Waals surface area contributed by atoms with E-state index in [1.54, 1.807) is 19.1 Å². The Hall–Kier alpha value is -2.52. The molecule has 0 radical (unpaired) electrons. The quantitative estimate of drug-likeness (QED) is 0.812. The Morgan fingerprint density at radius 1 is 1.09 bits per heavy atom. The van der Waals surface area contributed by atoms with Gasteiger partial charge in [-0.1, -0.05) is 23.8 Å². The summed E-state index contributed by atoms with van der Waals surface area (Å²) >= 11 is 0. The molecule has 2 rings (SSSR count). The number of rotatable bonds is 3. The molecule has 6 heteroatoms. The van der Waals surface area contributed by atoms with Crippen LogP contribution in [0.3, 0.4) is 0 Å². The van der Waals surface area contributed by atoms with Gasteiger partial charge in [0.05, 0.1) is 4.90 Å². The Kier molecular flexibility index (Phi) is 4.38. The van der Waals surface area contributed by atoms with E-state index in [4.69, 9.17) is 5.26 Å². The molecule has 0 bridgehead atoms. The second kappa shape index (κ2) is 6.08. The van der Waals surface area contributed by atoms with Gasteiger partial charge in [0, 0.05) is 5.56 Å². The van der Waals surface area contributed by atoms with E-state index < -0.39 is 31.9 Å². The van der Waals surface area contributed by atoms with Crippen LogP contribution in [0.1, 0.15) is 11.1 Å². The van der Waals surface area contributed by atoms with Crippen LogP contribution in [0.4, 0.5) is 8.78 Å². The molecule has 2 aromatic carbocycles. The highest BCUT2D eigenvalue weighted by Crippen LogP contribution is 2.23. The summed E-state index contributed by atoms with van der Waals surface area (Å²) in [6.45, 7) is 1.78. The second-order valence-electron chi connectivity index (χ2n) is 4.57. The SMILES string of the molecule is Cc1ccc(S(=O)(=O)C(C#N)=Cc2c(F)cccc2F)cc1. The Balaban J connectivity index is 2.59. The van der Waals surface area contributed by atoms with Crippen molar-refractivity contribution < 1.29 is 17.2 Å². The minimum absolute atomic E-state index is 0.109. The van der Waals surface area contributed by atoms with Gasteiger partial charge in [-0.3, -0.25) is 0 Å². The number of aryl methyl sites for hydroxylation is 1. The lowest BCUT2D eigenvalue weighted by molar-refractivity contribution is 0.578. The fourth-order valence-electron chi connectivity index (χ4n) is 1.79. The molecule has 0 aromatic heterocycles. The summed E-state index contributed by atoms with van der Waals surface area (Å²) in [5, 5.41) is 9.08. The van der Waals surface area contributed by atoms with Crippen LogP contribution in [0.2, 0.25) is 0 Å². The first kappa shape index (κ1) is 15.9. The summed E-state index contributed by atoms with van der Waals surface area (Å²) in [5.41, 5.74) is 0.288. The van der Waals surface area contributed by atoms with Crippen molar-refractivity contribution in [3.05, 3.63) is 70.1 Å². The zero-order chi connectivity index (χ0) is 16.3. The molecule has 0 aliphatic carbocycles. The number of hydrogen-bond donors (Lipinski definition) is 0. The molecular weight excluding hydrogens is 308 g/mol. The maximum Gasteiger partial charge on any atom is 0.216 e. The topological polar surface area (TPSA) is 57.9 Å². The zero-order valence-corrected chi connectivity index (χ0v) is 12.4. The monoisotopic (exact) mass is 319 g/mol. The molecular formula is C16H11F2NO2S. The van der Waals surface area contributed by atoms with Gasteiger partial charge >= 0.3 is 0 Å². The van der Waals surface area contributed by atoms with Gasteiger partial charge in [-0.2, -0.15) is 5.26 Å². The number of nitriles is 1. The largest absolute Gasteiger partial charge is 0.218 e. The van der Waals surface area contributed by atoms with Crippen molar-refractivity contribution in [2.75, 3.05) is 0 Å². The summed E-state index contributed by atoms with van der Waals surface area (Å²) in [6, 6.07) is 10.5. The number of nitrogens with zero attached hydrogens (tertiary/aromatic N) is 1. The summed E-state index contributed by atoms with van der Waals surface area (Å²) in [7, 11) is -4.13. The van der Waals surface area contributed by atoms with Crippen molar-refractivity contribution in [1.29, 1.82) is 5.26 Å². The van der Waals surface area contributed by atoms with Crippen molar-refractivity contribution >= 4 is 15.9 Å². The van der Waals surface area contributed by atoms with Gasteiger partial charge in [0.25, 0.3) is 0 Å². The molecule has 0 atom stereocenters. The van der Waals surface area contributed by atoms with E-state index in [2.05, 4.69) is 0 Å². The van der Waals surface area contributed by atoms with Crippen LogP contribution in [-0.2, 0) is 9.84 Å². The Morgan fingerprint density at radius 2 is 1.64 bits per heavy atom. The first-order valence-corrected chi connectivity index (χ1v) is 7.72. The van der Waals surface area contributed by atoms with Crippen molar-refractivity contribution in [2.45, 2.75) is 11.8 Å². The fraction of sp³-hybridized carbons (Fsp3) is 0.0625. The highest BCUT2D eigenvalue weighted by molar-refractivity contribution is 7.95. The average molecular weight is 319 g/mol. The Bertz CT molecular complexity index is 859. The fourth-order valence-corrected chi connectivity index (χ4v) is 2.94. The van der Waals surface area contributed by atoms with Gasteiger partial charge < -0.3 is 0 Å². The molecule has 2 aromatic rings. The summed E-state index contributed by atoms with van der Waals surface area (Å²) in [5.74, 6) is -1.88. The maximum absolute atomic E-state index is 13.6. The smallest absolute Gasteiger partial charge is 0.216 e. The van der Waals surface area contributed by atoms with E-state index in [0.717, 1.165) is 23.8 Å². The molecule has 0 fully saturated rings. The molecule has 0 aliphatic heterocycles. The van der Waals surface area contributed by atoms with Crippen molar-refractivity contribution in [1.82, 2.24) is 0 Å². The molecule has 0 spiro atoms. The molecule has 0 saturated carbocycles. The average Bonchev–Trinajstić information content (AvgIpc) is 2.47. The van der Waals surface area contributed by atoms with Gasteiger partial charge in [-0.05, 0) is 37.3 Å². The first-order valence-electron chi connectivity index (χ1n) is 6.24. The van der Waals surface area contributed by atoms with Crippen molar-refractivity contribution in [3.63, 3.8) is 0 Å². The molecule has 0 unspecified atom stereocenters. The third-order valence-electron chi connectivity index (χ3n) is 3.01. The van der Waals surface area contributed by atoms with Crippen LogP contribution in [0.25, 0.3) is 6.08 Å². The number of sulfone groups is 1. The Morgan fingerprint density at radius 3 is 2.14 bits per heavy atom. The van der Waals surface area contributed by atoms with Crippen LogP contribution in [-0.4, -0.2) is 8.42 Å². The van der Waals surface area contributed by atoms with Crippen LogP contribution >= 0.6 is 0 Å². The van der Waals surface area contributed by atoms with E-state index >= 15 is 0 Å². The van der Waals surface area contributed by atoms with Gasteiger partial charge in [0.1, 0.15) is 22.6 Å². The lowest BCUT2D eigenvalue weighted by Gasteiger charge is -2.05. The summed E-state index contributed by atoms with van der Waals surface area (Å²) in [4.78, 5) is -0.831. The zero-order valence-electron chi connectivity index (χ0n) is 11.5. The van der Waals surface area contributed by atoms with Gasteiger partial charge in [0.15, 0.2) is 0 Å². The van der Waals surface area contributed by atoms with Crippen LogP contribution in [0.15, 0.2) is 52.3 Å². The van der Waals surface area contributed by atoms with Crippen molar-refractivity contribution in [2.24, 2.45) is 0 Å². The van der Waals surface area contributed by atoms with Crippen LogP contribution < -0.4 is 0 Å². The highest BCUT2D eigenvalue weighted by atomic mass is 32.2. The molecule has 0 N–H and O–H groups in total. The van der Waals surface area contributed by atoms with Gasteiger partial charge in [-0.25, -0.2) is 17.2 Å². The van der Waals surface area contributed by atoms with E-state index in [-0.39, 0.29) is 4.90 Å². The molecule has 3 nitrogen and oxygen atoms in total. The van der Waals surface area contributed by atoms with Crippen LogP contribution in [0, 0.1) is 29.9 Å². The molecule has 0 saturated heterocycles. The van der Waals surface area contributed by atoms with E-state index in [1.165, 1.54) is 18.2 Å². The standard InChI is InChI=1S/C16H11F2NO2S/c1-11-5-7-12(8-6-11)22(20,21)13(10-19)9-14-15(17)3-2-4-16(14)18/h2-9H,1H3. The number of benzene rings is 2. The molecule has 112 valence electrons. The third kappa shape index (κ3) is 3.05.